The van der Waals surface area contributed by atoms with Gasteiger partial charge in [-0.1, -0.05) is 32.1 Å². The molecular formula is C26H34N2O. The normalized spacial score (nSPS) is 39.1. The van der Waals surface area contributed by atoms with E-state index in [-0.39, 0.29) is 11.0 Å². The Kier molecular flexibility index (Phi) is 4.49. The van der Waals surface area contributed by atoms with Crippen molar-refractivity contribution in [1.82, 2.24) is 9.88 Å². The molecule has 4 aliphatic rings. The van der Waals surface area contributed by atoms with Gasteiger partial charge in [0.1, 0.15) is 0 Å². The lowest BCUT2D eigenvalue weighted by molar-refractivity contribution is -0.150. The van der Waals surface area contributed by atoms with Crippen molar-refractivity contribution in [3.63, 3.8) is 0 Å². The second-order valence-electron chi connectivity index (χ2n) is 10.3. The first-order valence-electron chi connectivity index (χ1n) is 11.6. The Bertz CT molecular complexity index is 873. The summed E-state index contributed by atoms with van der Waals surface area (Å²) in [6.45, 7) is 9.80. The van der Waals surface area contributed by atoms with Gasteiger partial charge >= 0.3 is 0 Å². The zero-order chi connectivity index (χ0) is 20.2. The maximum Gasteiger partial charge on any atom is 0.223 e. The van der Waals surface area contributed by atoms with E-state index in [9.17, 15) is 4.79 Å². The number of pyridine rings is 1. The van der Waals surface area contributed by atoms with Gasteiger partial charge in [-0.15, -0.1) is 0 Å². The highest BCUT2D eigenvalue weighted by atomic mass is 16.2. The van der Waals surface area contributed by atoms with Crippen LogP contribution in [-0.4, -0.2) is 27.9 Å². The minimum Gasteiger partial charge on any atom is -0.337 e. The van der Waals surface area contributed by atoms with Crippen molar-refractivity contribution in [1.29, 1.82) is 0 Å². The van der Waals surface area contributed by atoms with Crippen LogP contribution in [0.2, 0.25) is 0 Å². The van der Waals surface area contributed by atoms with Gasteiger partial charge in [0.15, 0.2) is 0 Å². The molecule has 1 amide bonds. The van der Waals surface area contributed by atoms with Crippen LogP contribution in [0.4, 0.5) is 0 Å². The molecule has 3 fully saturated rings. The van der Waals surface area contributed by atoms with Crippen LogP contribution in [0, 0.1) is 23.2 Å². The maximum absolute atomic E-state index is 12.8. The second kappa shape index (κ2) is 6.82. The lowest BCUT2D eigenvalue weighted by Crippen LogP contribution is -2.62. The topological polar surface area (TPSA) is 33.2 Å². The van der Waals surface area contributed by atoms with Crippen molar-refractivity contribution in [3.8, 4) is 0 Å². The molecule has 2 aliphatic carbocycles. The Morgan fingerprint density at radius 2 is 2.03 bits per heavy atom. The Hall–Kier alpha value is -1.90. The van der Waals surface area contributed by atoms with E-state index in [0.717, 1.165) is 30.9 Å². The summed E-state index contributed by atoms with van der Waals surface area (Å²) in [5.74, 6) is 2.49. The van der Waals surface area contributed by atoms with Crippen LogP contribution in [0.1, 0.15) is 76.3 Å². The summed E-state index contributed by atoms with van der Waals surface area (Å²) >= 11 is 0. The van der Waals surface area contributed by atoms with Crippen LogP contribution in [0.25, 0.3) is 11.6 Å². The summed E-state index contributed by atoms with van der Waals surface area (Å²) in [4.78, 5) is 19.6. The molecule has 0 aromatic carbocycles. The van der Waals surface area contributed by atoms with Crippen LogP contribution < -0.4 is 0 Å². The zero-order valence-electron chi connectivity index (χ0n) is 18.0. The third-order valence-electron chi connectivity index (χ3n) is 9.05. The fourth-order valence-corrected chi connectivity index (χ4v) is 7.55. The van der Waals surface area contributed by atoms with Crippen LogP contribution >= 0.6 is 0 Å². The van der Waals surface area contributed by atoms with Gasteiger partial charge in [0.25, 0.3) is 0 Å². The molecule has 5 rings (SSSR count). The quantitative estimate of drug-likeness (QED) is 0.646. The second-order valence-corrected chi connectivity index (χ2v) is 10.3. The molecule has 2 aliphatic heterocycles. The minimum absolute atomic E-state index is 0.0743. The fraction of sp³-hybridized carbons (Fsp3) is 0.615. The van der Waals surface area contributed by atoms with E-state index in [1.807, 2.05) is 18.5 Å². The predicted octanol–water partition coefficient (Wildman–Crippen LogP) is 5.73. The first-order valence-corrected chi connectivity index (χ1v) is 11.6. The number of nitrogens with zero attached hydrogens (tertiary/aromatic N) is 2. The highest BCUT2D eigenvalue weighted by Gasteiger charge is 2.58. The molecule has 0 spiro atoms. The summed E-state index contributed by atoms with van der Waals surface area (Å²) in [5, 5.41) is 0. The monoisotopic (exact) mass is 390 g/mol. The van der Waals surface area contributed by atoms with Gasteiger partial charge in [0, 0.05) is 30.9 Å². The van der Waals surface area contributed by atoms with Gasteiger partial charge in [-0.3, -0.25) is 9.78 Å². The minimum atomic E-state index is 0.0743. The number of allylic oxidation sites excluding steroid dienone is 2. The number of fused-ring (bicyclic) bond motifs is 5. The molecule has 1 aromatic heterocycles. The van der Waals surface area contributed by atoms with E-state index in [4.69, 9.17) is 0 Å². The van der Waals surface area contributed by atoms with Gasteiger partial charge in [-0.25, -0.2) is 0 Å². The number of rotatable bonds is 2. The first-order chi connectivity index (χ1) is 14.0. The van der Waals surface area contributed by atoms with E-state index in [0.29, 0.717) is 17.7 Å². The van der Waals surface area contributed by atoms with Crippen LogP contribution in [-0.2, 0) is 4.79 Å². The van der Waals surface area contributed by atoms with Crippen molar-refractivity contribution in [2.45, 2.75) is 70.8 Å². The summed E-state index contributed by atoms with van der Waals surface area (Å²) in [6.07, 6.45) is 17.4. The van der Waals surface area contributed by atoms with Crippen molar-refractivity contribution in [3.05, 3.63) is 42.2 Å². The molecule has 1 aromatic rings. The highest BCUT2D eigenvalue weighted by Crippen LogP contribution is 2.63. The molecule has 29 heavy (non-hydrogen) atoms. The molecule has 154 valence electrons. The average Bonchev–Trinajstić information content (AvgIpc) is 3.00. The zero-order valence-corrected chi connectivity index (χ0v) is 18.0. The van der Waals surface area contributed by atoms with Gasteiger partial charge in [0.2, 0.25) is 5.91 Å². The van der Waals surface area contributed by atoms with E-state index < -0.39 is 0 Å². The lowest BCUT2D eigenvalue weighted by Gasteiger charge is -2.59. The molecular weight excluding hydrogens is 356 g/mol. The first kappa shape index (κ1) is 19.1. The number of carbonyl (C=O) groups excluding carboxylic acids is 1. The molecule has 2 saturated heterocycles. The number of amides is 1. The average molecular weight is 391 g/mol. The number of aromatic nitrogens is 1. The third-order valence-corrected chi connectivity index (χ3v) is 9.05. The van der Waals surface area contributed by atoms with E-state index in [2.05, 4.69) is 42.5 Å². The highest BCUT2D eigenvalue weighted by molar-refractivity contribution is 5.78. The summed E-state index contributed by atoms with van der Waals surface area (Å²) in [5.41, 5.74) is 4.18. The lowest BCUT2D eigenvalue weighted by atomic mass is 9.52. The predicted molar refractivity (Wildman–Crippen MR) is 118 cm³/mol. The molecule has 0 bridgehead atoms. The van der Waals surface area contributed by atoms with Crippen molar-refractivity contribution >= 4 is 17.6 Å². The molecule has 3 heteroatoms. The summed E-state index contributed by atoms with van der Waals surface area (Å²) in [7, 11) is 0. The Balaban J connectivity index is 1.46. The van der Waals surface area contributed by atoms with E-state index >= 15 is 0 Å². The maximum atomic E-state index is 12.8. The standard InChI is InChI=1S/C26H34N2O/c1-4-18-15-19(17-27-16-18)21-8-9-22-20-11-14-28-24(29)7-5-6-12-26(28,3)23(20)10-13-25(21,22)2/h4,8,15-17,20,22-23H,1,5-7,9-14H2,2-3H3/t20-,22-,23?,25+,26+/m0/s1. The third kappa shape index (κ3) is 2.76. The van der Waals surface area contributed by atoms with Gasteiger partial charge in [-0.05, 0) is 91.4 Å². The van der Waals surface area contributed by atoms with Crippen LogP contribution in [0.3, 0.4) is 0 Å². The number of hydrogen-bond acceptors (Lipinski definition) is 2. The van der Waals surface area contributed by atoms with Gasteiger partial charge in [-0.2, -0.15) is 0 Å². The van der Waals surface area contributed by atoms with E-state index in [1.54, 1.807) is 0 Å². The summed E-state index contributed by atoms with van der Waals surface area (Å²) in [6, 6.07) is 2.25. The number of carbonyl (C=O) groups is 1. The number of piperidine rings is 1. The molecule has 1 saturated carbocycles. The van der Waals surface area contributed by atoms with Gasteiger partial charge < -0.3 is 4.90 Å². The molecule has 3 nitrogen and oxygen atoms in total. The molecule has 1 unspecified atom stereocenters. The fourth-order valence-electron chi connectivity index (χ4n) is 7.55. The SMILES string of the molecule is C=Cc1cncc(C2=CC[C@H]3[C@@H]4CCN5C(=O)CCCC[C@]5(C)C4CC[C@]23C)c1. The molecule has 5 atom stereocenters. The van der Waals surface area contributed by atoms with Crippen LogP contribution in [0.5, 0.6) is 0 Å². The van der Waals surface area contributed by atoms with Gasteiger partial charge in [0.05, 0.1) is 0 Å². The van der Waals surface area contributed by atoms with E-state index in [1.165, 1.54) is 49.7 Å². The van der Waals surface area contributed by atoms with Crippen LogP contribution in [0.15, 0.2) is 31.1 Å². The smallest absolute Gasteiger partial charge is 0.223 e. The van der Waals surface area contributed by atoms with Crippen molar-refractivity contribution < 1.29 is 4.79 Å². The largest absolute Gasteiger partial charge is 0.337 e. The Morgan fingerprint density at radius 1 is 1.17 bits per heavy atom. The molecule has 0 N–H and O–H groups in total. The number of hydrogen-bond donors (Lipinski definition) is 0. The van der Waals surface area contributed by atoms with Crippen molar-refractivity contribution in [2.75, 3.05) is 6.54 Å². The van der Waals surface area contributed by atoms with Crippen molar-refractivity contribution in [2.24, 2.45) is 23.2 Å². The Morgan fingerprint density at radius 3 is 2.86 bits per heavy atom. The summed E-state index contributed by atoms with van der Waals surface area (Å²) < 4.78 is 0. The Labute approximate surface area is 175 Å². The molecule has 0 radical (unpaired) electrons. The molecule has 3 heterocycles.